The van der Waals surface area contributed by atoms with E-state index in [-0.39, 0.29) is 11.6 Å². The summed E-state index contributed by atoms with van der Waals surface area (Å²) in [4.78, 5) is 26.1. The quantitative estimate of drug-likeness (QED) is 0.829. The molecule has 0 aliphatic rings. The van der Waals surface area contributed by atoms with Crippen LogP contribution in [0.3, 0.4) is 0 Å². The molecule has 0 atom stereocenters. The number of methoxy groups -OCH3 is 1. The summed E-state index contributed by atoms with van der Waals surface area (Å²) >= 11 is 0. The maximum Gasteiger partial charge on any atom is 0.337 e. The third-order valence-electron chi connectivity index (χ3n) is 2.71. The second-order valence-electron chi connectivity index (χ2n) is 4.60. The van der Waals surface area contributed by atoms with Crippen molar-refractivity contribution in [2.24, 2.45) is 0 Å². The van der Waals surface area contributed by atoms with E-state index in [0.29, 0.717) is 16.8 Å². The molecular weight excluding hydrogens is 244 g/mol. The van der Waals surface area contributed by atoms with Crippen LogP contribution in [0.1, 0.15) is 24.2 Å². The van der Waals surface area contributed by atoms with Gasteiger partial charge in [0.2, 0.25) is 0 Å². The second kappa shape index (κ2) is 5.14. The van der Waals surface area contributed by atoms with Gasteiger partial charge in [-0.05, 0) is 38.1 Å². The zero-order valence-electron chi connectivity index (χ0n) is 11.1. The van der Waals surface area contributed by atoms with Gasteiger partial charge in [-0.15, -0.1) is 0 Å². The molecule has 0 saturated carbocycles. The highest BCUT2D eigenvalue weighted by Gasteiger charge is 2.08. The van der Waals surface area contributed by atoms with Crippen LogP contribution in [0.2, 0.25) is 0 Å². The van der Waals surface area contributed by atoms with Gasteiger partial charge >= 0.3 is 5.97 Å². The number of rotatable bonds is 3. The van der Waals surface area contributed by atoms with Gasteiger partial charge in [0, 0.05) is 16.9 Å². The van der Waals surface area contributed by atoms with Crippen molar-refractivity contribution in [2.75, 3.05) is 12.4 Å². The van der Waals surface area contributed by atoms with Gasteiger partial charge in [0.1, 0.15) is 5.69 Å². The number of carbonyl (C=O) groups excluding carboxylic acids is 1. The number of aromatic nitrogens is 1. The molecule has 0 fully saturated rings. The first kappa shape index (κ1) is 13.1. The Hall–Kier alpha value is -2.30. The summed E-state index contributed by atoms with van der Waals surface area (Å²) in [6, 6.07) is 6.91. The first-order valence-electron chi connectivity index (χ1n) is 6.03. The number of ether oxygens (including phenoxy) is 1. The van der Waals surface area contributed by atoms with Crippen molar-refractivity contribution in [2.45, 2.75) is 19.9 Å². The number of esters is 1. The van der Waals surface area contributed by atoms with Crippen molar-refractivity contribution >= 4 is 22.6 Å². The first-order chi connectivity index (χ1) is 9.01. The van der Waals surface area contributed by atoms with E-state index in [1.54, 1.807) is 24.3 Å². The summed E-state index contributed by atoms with van der Waals surface area (Å²) in [5.41, 5.74) is 1.46. The third-order valence-corrected chi connectivity index (χ3v) is 2.71. The first-order valence-corrected chi connectivity index (χ1v) is 6.03. The molecule has 1 aromatic heterocycles. The lowest BCUT2D eigenvalue weighted by Gasteiger charge is -2.10. The fraction of sp³-hybridized carbons (Fsp3) is 0.286. The minimum absolute atomic E-state index is 0.155. The predicted octanol–water partition coefficient (Wildman–Crippen LogP) is 2.13. The summed E-state index contributed by atoms with van der Waals surface area (Å²) in [6.07, 6.45) is 0. The fourth-order valence-corrected chi connectivity index (χ4v) is 1.87. The maximum absolute atomic E-state index is 11.8. The lowest BCUT2D eigenvalue weighted by Crippen LogP contribution is -2.19. The molecule has 2 rings (SSSR count). The number of nitrogens with one attached hydrogen (secondary N) is 2. The molecule has 0 unspecified atom stereocenters. The Morgan fingerprint density at radius 1 is 1.32 bits per heavy atom. The number of benzene rings is 1. The van der Waals surface area contributed by atoms with E-state index in [2.05, 4.69) is 15.0 Å². The van der Waals surface area contributed by atoms with Crippen LogP contribution in [-0.2, 0) is 4.74 Å². The van der Waals surface area contributed by atoms with E-state index in [1.807, 2.05) is 13.8 Å². The van der Waals surface area contributed by atoms with Crippen LogP contribution in [0.15, 0.2) is 29.1 Å². The van der Waals surface area contributed by atoms with E-state index in [4.69, 9.17) is 0 Å². The van der Waals surface area contributed by atoms with Gasteiger partial charge in [0.25, 0.3) is 5.56 Å². The van der Waals surface area contributed by atoms with E-state index in [1.165, 1.54) is 7.11 Å². The number of H-pyrrole nitrogens is 1. The van der Waals surface area contributed by atoms with Crippen molar-refractivity contribution in [3.05, 3.63) is 40.2 Å². The van der Waals surface area contributed by atoms with Crippen LogP contribution >= 0.6 is 0 Å². The van der Waals surface area contributed by atoms with Gasteiger partial charge in [-0.3, -0.25) is 4.79 Å². The minimum Gasteiger partial charge on any atom is -0.465 e. The fourth-order valence-electron chi connectivity index (χ4n) is 1.87. The van der Waals surface area contributed by atoms with Crippen LogP contribution in [0, 0.1) is 0 Å². The Labute approximate surface area is 110 Å². The average Bonchev–Trinajstić information content (AvgIpc) is 2.37. The Balaban J connectivity index is 2.55. The molecular formula is C14H16N2O3. The maximum atomic E-state index is 11.8. The van der Waals surface area contributed by atoms with Crippen molar-refractivity contribution in [3.63, 3.8) is 0 Å². The number of fused-ring (bicyclic) bond motifs is 1. The number of carbonyl (C=O) groups is 1. The Bertz CT molecular complexity index is 674. The molecule has 1 aromatic carbocycles. The molecule has 2 aromatic rings. The monoisotopic (exact) mass is 260 g/mol. The molecule has 2 N–H and O–H groups in total. The van der Waals surface area contributed by atoms with Crippen molar-refractivity contribution in [1.29, 1.82) is 0 Å². The Morgan fingerprint density at radius 3 is 2.68 bits per heavy atom. The van der Waals surface area contributed by atoms with Crippen LogP contribution in [-0.4, -0.2) is 24.1 Å². The van der Waals surface area contributed by atoms with Gasteiger partial charge in [-0.2, -0.15) is 0 Å². The van der Waals surface area contributed by atoms with Gasteiger partial charge in [-0.25, -0.2) is 4.79 Å². The van der Waals surface area contributed by atoms with E-state index in [9.17, 15) is 9.59 Å². The van der Waals surface area contributed by atoms with E-state index in [0.717, 1.165) is 5.39 Å². The normalized spacial score (nSPS) is 10.7. The molecule has 0 bridgehead atoms. The highest BCUT2D eigenvalue weighted by atomic mass is 16.5. The number of aromatic amines is 1. The highest BCUT2D eigenvalue weighted by Crippen LogP contribution is 2.16. The Kier molecular flexibility index (Phi) is 3.55. The lowest BCUT2D eigenvalue weighted by molar-refractivity contribution is 0.0601. The SMILES string of the molecule is COC(=O)c1ccc2[nH]c(=O)c(NC(C)C)cc2c1. The molecule has 1 heterocycles. The smallest absolute Gasteiger partial charge is 0.337 e. The molecule has 0 radical (unpaired) electrons. The van der Waals surface area contributed by atoms with Gasteiger partial charge in [0.15, 0.2) is 0 Å². The zero-order chi connectivity index (χ0) is 14.0. The van der Waals surface area contributed by atoms with Crippen molar-refractivity contribution in [1.82, 2.24) is 4.98 Å². The molecule has 0 amide bonds. The van der Waals surface area contributed by atoms with Gasteiger partial charge in [0.05, 0.1) is 12.7 Å². The standard InChI is InChI=1S/C14H16N2O3/c1-8(2)15-12-7-10-6-9(14(18)19-3)4-5-11(10)16-13(12)17/h4-8,15H,1-3H3,(H,16,17). The highest BCUT2D eigenvalue weighted by molar-refractivity contribution is 5.94. The molecule has 0 spiro atoms. The van der Waals surface area contributed by atoms with Gasteiger partial charge < -0.3 is 15.0 Å². The average molecular weight is 260 g/mol. The minimum atomic E-state index is -0.397. The van der Waals surface area contributed by atoms with Gasteiger partial charge in [-0.1, -0.05) is 0 Å². The molecule has 5 nitrogen and oxygen atoms in total. The number of pyridine rings is 1. The van der Waals surface area contributed by atoms with Crippen LogP contribution in [0.4, 0.5) is 5.69 Å². The number of anilines is 1. The summed E-state index contributed by atoms with van der Waals surface area (Å²) in [5.74, 6) is -0.397. The summed E-state index contributed by atoms with van der Waals surface area (Å²) in [7, 11) is 1.34. The van der Waals surface area contributed by atoms with Crippen LogP contribution in [0.5, 0.6) is 0 Å². The topological polar surface area (TPSA) is 71.2 Å². The Morgan fingerprint density at radius 2 is 2.05 bits per heavy atom. The van der Waals surface area contributed by atoms with Crippen LogP contribution < -0.4 is 10.9 Å². The van der Waals surface area contributed by atoms with Crippen LogP contribution in [0.25, 0.3) is 10.9 Å². The third kappa shape index (κ3) is 2.76. The molecule has 100 valence electrons. The lowest BCUT2D eigenvalue weighted by atomic mass is 10.1. The summed E-state index contributed by atoms with van der Waals surface area (Å²) in [6.45, 7) is 3.91. The van der Waals surface area contributed by atoms with E-state index < -0.39 is 5.97 Å². The molecule has 0 saturated heterocycles. The summed E-state index contributed by atoms with van der Waals surface area (Å²) in [5, 5.41) is 3.85. The number of hydrogen-bond acceptors (Lipinski definition) is 4. The molecule has 0 aliphatic heterocycles. The predicted molar refractivity (Wildman–Crippen MR) is 74.7 cm³/mol. The zero-order valence-corrected chi connectivity index (χ0v) is 11.1. The van der Waals surface area contributed by atoms with E-state index >= 15 is 0 Å². The molecule has 19 heavy (non-hydrogen) atoms. The summed E-state index contributed by atoms with van der Waals surface area (Å²) < 4.78 is 4.68. The second-order valence-corrected chi connectivity index (χ2v) is 4.60. The number of hydrogen-bond donors (Lipinski definition) is 2. The molecule has 5 heteroatoms. The van der Waals surface area contributed by atoms with Crippen molar-refractivity contribution < 1.29 is 9.53 Å². The largest absolute Gasteiger partial charge is 0.465 e. The van der Waals surface area contributed by atoms with Crippen molar-refractivity contribution in [3.8, 4) is 0 Å². The molecule has 0 aliphatic carbocycles.